The SMILES string of the molecule is Nc1cc(F)ccc1NC(=O)CSc1ccc(F)c(F)c1. The average Bonchev–Trinajstić information content (AvgIpc) is 2.43. The van der Waals surface area contributed by atoms with E-state index in [9.17, 15) is 18.0 Å². The zero-order valence-corrected chi connectivity index (χ0v) is 11.5. The summed E-state index contributed by atoms with van der Waals surface area (Å²) in [4.78, 5) is 12.2. The molecule has 0 heterocycles. The van der Waals surface area contributed by atoms with Gasteiger partial charge in [-0.3, -0.25) is 4.79 Å². The van der Waals surface area contributed by atoms with Gasteiger partial charge in [0.1, 0.15) is 5.82 Å². The quantitative estimate of drug-likeness (QED) is 0.672. The van der Waals surface area contributed by atoms with Gasteiger partial charge >= 0.3 is 0 Å². The molecule has 3 nitrogen and oxygen atoms in total. The number of nitrogens with two attached hydrogens (primary N) is 1. The van der Waals surface area contributed by atoms with E-state index in [1.54, 1.807) is 0 Å². The van der Waals surface area contributed by atoms with Gasteiger partial charge in [0.25, 0.3) is 0 Å². The van der Waals surface area contributed by atoms with Gasteiger partial charge in [-0.15, -0.1) is 11.8 Å². The largest absolute Gasteiger partial charge is 0.397 e. The first-order valence-electron chi connectivity index (χ1n) is 5.88. The molecule has 0 aliphatic rings. The third-order valence-electron chi connectivity index (χ3n) is 2.55. The Kier molecular flexibility index (Phi) is 4.74. The highest BCUT2D eigenvalue weighted by molar-refractivity contribution is 8.00. The Morgan fingerprint density at radius 3 is 2.52 bits per heavy atom. The van der Waals surface area contributed by atoms with Crippen LogP contribution in [0.5, 0.6) is 0 Å². The third-order valence-corrected chi connectivity index (χ3v) is 3.54. The van der Waals surface area contributed by atoms with Gasteiger partial charge in [0.15, 0.2) is 11.6 Å². The Bertz CT molecular complexity index is 679. The van der Waals surface area contributed by atoms with E-state index < -0.39 is 17.5 Å². The highest BCUT2D eigenvalue weighted by Gasteiger charge is 2.08. The lowest BCUT2D eigenvalue weighted by molar-refractivity contribution is -0.113. The Labute approximate surface area is 123 Å². The van der Waals surface area contributed by atoms with Crippen molar-refractivity contribution >= 4 is 29.0 Å². The van der Waals surface area contributed by atoms with Crippen molar-refractivity contribution < 1.29 is 18.0 Å². The van der Waals surface area contributed by atoms with E-state index in [0.29, 0.717) is 10.6 Å². The molecule has 2 aromatic carbocycles. The fraction of sp³-hybridized carbons (Fsp3) is 0.0714. The minimum atomic E-state index is -0.969. The average molecular weight is 312 g/mol. The number of nitrogen functional groups attached to an aromatic ring is 1. The molecule has 0 radical (unpaired) electrons. The molecule has 0 atom stereocenters. The third kappa shape index (κ3) is 4.16. The first kappa shape index (κ1) is 15.2. The van der Waals surface area contributed by atoms with Crippen LogP contribution in [0, 0.1) is 17.5 Å². The second-order valence-corrected chi connectivity index (χ2v) is 5.19. The molecule has 0 spiro atoms. The van der Waals surface area contributed by atoms with Gasteiger partial charge in [-0.2, -0.15) is 0 Å². The summed E-state index contributed by atoms with van der Waals surface area (Å²) in [6, 6.07) is 7.01. The van der Waals surface area contributed by atoms with Crippen LogP contribution in [0.1, 0.15) is 0 Å². The van der Waals surface area contributed by atoms with Gasteiger partial charge in [-0.05, 0) is 36.4 Å². The molecule has 0 fully saturated rings. The Morgan fingerprint density at radius 1 is 1.10 bits per heavy atom. The molecule has 0 saturated carbocycles. The second kappa shape index (κ2) is 6.53. The summed E-state index contributed by atoms with van der Waals surface area (Å²) in [6.45, 7) is 0. The van der Waals surface area contributed by atoms with Crippen molar-refractivity contribution in [3.8, 4) is 0 Å². The molecular formula is C14H11F3N2OS. The minimum Gasteiger partial charge on any atom is -0.397 e. The van der Waals surface area contributed by atoms with E-state index in [-0.39, 0.29) is 17.3 Å². The summed E-state index contributed by atoms with van der Waals surface area (Å²) in [5.41, 5.74) is 5.97. The maximum Gasteiger partial charge on any atom is 0.234 e. The van der Waals surface area contributed by atoms with Crippen LogP contribution < -0.4 is 11.1 Å². The number of nitrogens with one attached hydrogen (secondary N) is 1. The Hall–Kier alpha value is -2.15. The smallest absolute Gasteiger partial charge is 0.234 e. The predicted octanol–water partition coefficient (Wildman–Crippen LogP) is 3.42. The molecule has 21 heavy (non-hydrogen) atoms. The standard InChI is InChI=1S/C14H11F3N2OS/c15-8-1-4-13(12(18)5-8)19-14(20)7-21-9-2-3-10(16)11(17)6-9/h1-6H,7,18H2,(H,19,20). The predicted molar refractivity (Wildman–Crippen MR) is 76.5 cm³/mol. The van der Waals surface area contributed by atoms with Crippen LogP contribution in [0.2, 0.25) is 0 Å². The molecule has 0 aliphatic carbocycles. The number of rotatable bonds is 4. The molecule has 2 rings (SSSR count). The number of anilines is 2. The molecule has 1 amide bonds. The maximum atomic E-state index is 13.0. The normalized spacial score (nSPS) is 10.4. The maximum absolute atomic E-state index is 13.0. The summed E-state index contributed by atoms with van der Waals surface area (Å²) in [7, 11) is 0. The number of benzene rings is 2. The van der Waals surface area contributed by atoms with Crippen LogP contribution in [0.4, 0.5) is 24.5 Å². The molecule has 110 valence electrons. The number of carbonyl (C=O) groups excluding carboxylic acids is 1. The van der Waals surface area contributed by atoms with Gasteiger partial charge < -0.3 is 11.1 Å². The van der Waals surface area contributed by atoms with E-state index in [0.717, 1.165) is 30.0 Å². The van der Waals surface area contributed by atoms with E-state index in [1.165, 1.54) is 18.2 Å². The fourth-order valence-electron chi connectivity index (χ4n) is 1.55. The van der Waals surface area contributed by atoms with Gasteiger partial charge in [0.2, 0.25) is 5.91 Å². The van der Waals surface area contributed by atoms with Crippen molar-refractivity contribution in [2.45, 2.75) is 4.90 Å². The number of thioether (sulfide) groups is 1. The van der Waals surface area contributed by atoms with E-state index in [2.05, 4.69) is 5.32 Å². The Morgan fingerprint density at radius 2 is 1.86 bits per heavy atom. The summed E-state index contributed by atoms with van der Waals surface area (Å²) >= 11 is 1.05. The number of carbonyl (C=O) groups is 1. The summed E-state index contributed by atoms with van der Waals surface area (Å²) < 4.78 is 38.6. The number of halogens is 3. The summed E-state index contributed by atoms with van der Waals surface area (Å²) in [5, 5.41) is 2.51. The second-order valence-electron chi connectivity index (χ2n) is 4.14. The first-order chi connectivity index (χ1) is 9.95. The van der Waals surface area contributed by atoms with Crippen LogP contribution in [0.3, 0.4) is 0 Å². The van der Waals surface area contributed by atoms with Gasteiger partial charge in [-0.25, -0.2) is 13.2 Å². The van der Waals surface area contributed by atoms with Crippen molar-refractivity contribution in [1.82, 2.24) is 0 Å². The summed E-state index contributed by atoms with van der Waals surface area (Å²) in [5.74, 6) is -2.81. The molecule has 0 bridgehead atoms. The van der Waals surface area contributed by atoms with Gasteiger partial charge in [-0.1, -0.05) is 0 Å². The van der Waals surface area contributed by atoms with E-state index in [1.807, 2.05) is 0 Å². The minimum absolute atomic E-state index is 0.0120. The van der Waals surface area contributed by atoms with Crippen molar-refractivity contribution in [1.29, 1.82) is 0 Å². The highest BCUT2D eigenvalue weighted by atomic mass is 32.2. The number of hydrogen-bond donors (Lipinski definition) is 2. The Balaban J connectivity index is 1.94. The first-order valence-corrected chi connectivity index (χ1v) is 6.87. The summed E-state index contributed by atoms with van der Waals surface area (Å²) in [6.07, 6.45) is 0. The molecule has 0 aliphatic heterocycles. The van der Waals surface area contributed by atoms with Crippen molar-refractivity contribution in [2.75, 3.05) is 16.8 Å². The molecule has 0 saturated heterocycles. The zero-order chi connectivity index (χ0) is 15.4. The molecule has 0 unspecified atom stereocenters. The van der Waals surface area contributed by atoms with Crippen LogP contribution in [0.15, 0.2) is 41.3 Å². The van der Waals surface area contributed by atoms with Crippen LogP contribution in [-0.4, -0.2) is 11.7 Å². The number of amides is 1. The topological polar surface area (TPSA) is 55.1 Å². The van der Waals surface area contributed by atoms with Crippen LogP contribution in [0.25, 0.3) is 0 Å². The molecular weight excluding hydrogens is 301 g/mol. The lowest BCUT2D eigenvalue weighted by Gasteiger charge is -2.08. The highest BCUT2D eigenvalue weighted by Crippen LogP contribution is 2.22. The lowest BCUT2D eigenvalue weighted by atomic mass is 10.2. The van der Waals surface area contributed by atoms with E-state index in [4.69, 9.17) is 5.73 Å². The van der Waals surface area contributed by atoms with Crippen LogP contribution in [-0.2, 0) is 4.79 Å². The van der Waals surface area contributed by atoms with E-state index >= 15 is 0 Å². The molecule has 7 heteroatoms. The number of hydrogen-bond acceptors (Lipinski definition) is 3. The molecule has 3 N–H and O–H groups in total. The van der Waals surface area contributed by atoms with Crippen LogP contribution >= 0.6 is 11.8 Å². The van der Waals surface area contributed by atoms with Crippen molar-refractivity contribution in [3.05, 3.63) is 53.8 Å². The van der Waals surface area contributed by atoms with Crippen molar-refractivity contribution in [3.63, 3.8) is 0 Å². The molecule has 0 aromatic heterocycles. The van der Waals surface area contributed by atoms with Crippen molar-refractivity contribution in [2.24, 2.45) is 0 Å². The van der Waals surface area contributed by atoms with Gasteiger partial charge in [0, 0.05) is 4.90 Å². The molecule has 2 aromatic rings. The fourth-order valence-corrected chi connectivity index (χ4v) is 2.27. The van der Waals surface area contributed by atoms with Gasteiger partial charge in [0.05, 0.1) is 17.1 Å². The lowest BCUT2D eigenvalue weighted by Crippen LogP contribution is -2.15. The monoisotopic (exact) mass is 312 g/mol. The zero-order valence-electron chi connectivity index (χ0n) is 10.7.